The smallest absolute Gasteiger partial charge is 0.330 e. The number of halogens is 1. The highest BCUT2D eigenvalue weighted by atomic mass is 35.5. The first-order valence-electron chi connectivity index (χ1n) is 5.88. The number of nitrogens with one attached hydrogen (secondary N) is 1. The zero-order chi connectivity index (χ0) is 11.9. The van der Waals surface area contributed by atoms with E-state index in [-0.39, 0.29) is 24.2 Å². The van der Waals surface area contributed by atoms with E-state index in [0.29, 0.717) is 0 Å². The molecule has 5 heteroatoms. The minimum atomic E-state index is -0.690. The van der Waals surface area contributed by atoms with Crippen molar-refractivity contribution >= 4 is 17.2 Å². The van der Waals surface area contributed by atoms with Crippen LogP contribution in [0.15, 0.2) is 4.99 Å². The molecule has 1 saturated heterocycles. The molecule has 0 aromatic carbocycles. The molecule has 0 bridgehead atoms. The normalized spacial score (nSPS) is 32.5. The summed E-state index contributed by atoms with van der Waals surface area (Å²) in [4.78, 5) is 16.7. The molecular formula is C12H20ClN3O. The summed E-state index contributed by atoms with van der Waals surface area (Å²) in [5.74, 6) is 0.130. The first-order chi connectivity index (χ1) is 7.50. The fourth-order valence-electron chi connectivity index (χ4n) is 2.81. The van der Waals surface area contributed by atoms with Gasteiger partial charge in [-0.2, -0.15) is 0 Å². The van der Waals surface area contributed by atoms with Gasteiger partial charge in [-0.15, -0.1) is 0 Å². The minimum Gasteiger partial charge on any atom is -1.00 e. The molecule has 4 nitrogen and oxygen atoms in total. The Morgan fingerprint density at radius 2 is 2.18 bits per heavy atom. The van der Waals surface area contributed by atoms with Gasteiger partial charge in [0.15, 0.2) is 5.71 Å². The molecule has 96 valence electrons. The second kappa shape index (κ2) is 4.86. The van der Waals surface area contributed by atoms with Crippen molar-refractivity contribution in [2.75, 3.05) is 13.6 Å². The van der Waals surface area contributed by atoms with E-state index < -0.39 is 5.66 Å². The van der Waals surface area contributed by atoms with Gasteiger partial charge in [0.05, 0.1) is 0 Å². The molecule has 1 N–H and O–H groups in total. The Morgan fingerprint density at radius 3 is 2.53 bits per heavy atom. The van der Waals surface area contributed by atoms with Gasteiger partial charge in [-0.3, -0.25) is 4.79 Å². The van der Waals surface area contributed by atoms with Crippen LogP contribution < -0.4 is 17.7 Å². The molecule has 0 aromatic rings. The molecular weight excluding hydrogens is 238 g/mol. The van der Waals surface area contributed by atoms with E-state index in [0.717, 1.165) is 30.8 Å². The van der Waals surface area contributed by atoms with Gasteiger partial charge in [-0.1, -0.05) is 0 Å². The van der Waals surface area contributed by atoms with Crippen molar-refractivity contribution < 1.29 is 21.8 Å². The first kappa shape index (κ1) is 14.3. The number of carbonyl (C=O) groups excluding carboxylic acids is 1. The minimum absolute atomic E-state index is 0. The van der Waals surface area contributed by atoms with Gasteiger partial charge in [-0.05, 0) is 26.3 Å². The number of hydrogen-bond acceptors (Lipinski definition) is 3. The summed E-state index contributed by atoms with van der Waals surface area (Å²) in [6.45, 7) is 6.64. The highest BCUT2D eigenvalue weighted by Crippen LogP contribution is 2.29. The van der Waals surface area contributed by atoms with Crippen LogP contribution >= 0.6 is 0 Å². The summed E-state index contributed by atoms with van der Waals surface area (Å²) in [5, 5.41) is 3.41. The van der Waals surface area contributed by atoms with Crippen LogP contribution in [0.3, 0.4) is 0 Å². The Bertz CT molecular complexity index is 397. The molecule has 0 aliphatic carbocycles. The van der Waals surface area contributed by atoms with Gasteiger partial charge >= 0.3 is 5.66 Å². The quantitative estimate of drug-likeness (QED) is 0.561. The van der Waals surface area contributed by atoms with Gasteiger partial charge < -0.3 is 17.7 Å². The zero-order valence-corrected chi connectivity index (χ0v) is 11.6. The van der Waals surface area contributed by atoms with Crippen molar-refractivity contribution in [3.8, 4) is 0 Å². The predicted molar refractivity (Wildman–Crippen MR) is 64.4 cm³/mol. The maximum Gasteiger partial charge on any atom is 0.330 e. The Balaban J connectivity index is 0.00000144. The highest BCUT2D eigenvalue weighted by molar-refractivity contribution is 6.40. The second-order valence-electron chi connectivity index (χ2n) is 4.77. The van der Waals surface area contributed by atoms with Gasteiger partial charge in [0.1, 0.15) is 18.8 Å². The van der Waals surface area contributed by atoms with Gasteiger partial charge in [0.25, 0.3) is 0 Å². The van der Waals surface area contributed by atoms with Crippen LogP contribution in [0, 0.1) is 0 Å². The fourth-order valence-corrected chi connectivity index (χ4v) is 2.81. The van der Waals surface area contributed by atoms with E-state index in [4.69, 9.17) is 0 Å². The molecule has 2 heterocycles. The second-order valence-corrected chi connectivity index (χ2v) is 4.77. The number of hydrogen-bond donors (Lipinski definition) is 1. The van der Waals surface area contributed by atoms with Crippen molar-refractivity contribution in [1.82, 2.24) is 5.32 Å². The molecule has 2 aliphatic rings. The largest absolute Gasteiger partial charge is 1.00 e. The highest BCUT2D eigenvalue weighted by Gasteiger charge is 2.56. The Morgan fingerprint density at radius 1 is 1.53 bits per heavy atom. The van der Waals surface area contributed by atoms with E-state index in [9.17, 15) is 4.79 Å². The lowest BCUT2D eigenvalue weighted by molar-refractivity contribution is -0.564. The average molecular weight is 258 g/mol. The summed E-state index contributed by atoms with van der Waals surface area (Å²) < 4.78 is 2.04. The number of Topliss-reactive ketones (excluding diaryl/α,β-unsaturated/α-hetero) is 1. The van der Waals surface area contributed by atoms with Gasteiger partial charge in [0, 0.05) is 13.8 Å². The van der Waals surface area contributed by atoms with Crippen LogP contribution in [0.5, 0.6) is 0 Å². The summed E-state index contributed by atoms with van der Waals surface area (Å²) in [7, 11) is 1.97. The third-order valence-electron chi connectivity index (χ3n) is 3.94. The monoisotopic (exact) mass is 257 g/mol. The molecule has 0 spiro atoms. The molecule has 17 heavy (non-hydrogen) atoms. The number of aliphatic imine (C=N–C) groups is 1. The molecule has 0 saturated carbocycles. The predicted octanol–water partition coefficient (Wildman–Crippen LogP) is -2.39. The lowest BCUT2D eigenvalue weighted by Crippen LogP contribution is -3.00. The number of rotatable bonds is 2. The van der Waals surface area contributed by atoms with Crippen molar-refractivity contribution in [2.45, 2.75) is 45.3 Å². The van der Waals surface area contributed by atoms with Crippen LogP contribution in [0.4, 0.5) is 0 Å². The average Bonchev–Trinajstić information content (AvgIpc) is 2.82. The number of carbonyl (C=O) groups is 1. The van der Waals surface area contributed by atoms with Crippen LogP contribution in [0.25, 0.3) is 0 Å². The van der Waals surface area contributed by atoms with Crippen LogP contribution in [-0.2, 0) is 4.79 Å². The van der Waals surface area contributed by atoms with Gasteiger partial charge in [0.2, 0.25) is 5.78 Å². The third kappa shape index (κ3) is 1.93. The lowest BCUT2D eigenvalue weighted by atomic mass is 9.95. The fraction of sp³-hybridized carbons (Fsp3) is 0.750. The summed E-state index contributed by atoms with van der Waals surface area (Å²) in [6, 6.07) is 0.155. The Labute approximate surface area is 109 Å². The number of nitrogens with zero attached hydrogens (tertiary/aromatic N) is 2. The maximum absolute atomic E-state index is 12.1. The topological polar surface area (TPSA) is 44.5 Å². The molecule has 0 radical (unpaired) electrons. The Hall–Kier alpha value is -0.740. The maximum atomic E-state index is 12.1. The van der Waals surface area contributed by atoms with E-state index >= 15 is 0 Å². The molecule has 2 unspecified atom stereocenters. The number of ketones is 1. The SMILES string of the molecule is CC(=O)C1(C2CCCN2)N=C(C)C(C)=[N+]1C.[Cl-]. The van der Waals surface area contributed by atoms with E-state index in [1.165, 1.54) is 0 Å². The standard InChI is InChI=1S/C12H20N3O.ClH/c1-8-9(2)15(4)12(14-8,10(3)16)11-6-5-7-13-11;/h11,13H,5-7H2,1-4H3;1H/q+1;/p-1. The zero-order valence-electron chi connectivity index (χ0n) is 10.9. The summed E-state index contributed by atoms with van der Waals surface area (Å²) in [5.41, 5.74) is 1.39. The Kier molecular flexibility index (Phi) is 4.10. The van der Waals surface area contributed by atoms with Crippen molar-refractivity contribution in [2.24, 2.45) is 4.99 Å². The molecule has 2 aliphatic heterocycles. The molecule has 0 amide bonds. The van der Waals surface area contributed by atoms with Crippen molar-refractivity contribution in [3.63, 3.8) is 0 Å². The van der Waals surface area contributed by atoms with Crippen LogP contribution in [-0.4, -0.2) is 47.1 Å². The van der Waals surface area contributed by atoms with Crippen LogP contribution in [0.1, 0.15) is 33.6 Å². The lowest BCUT2D eigenvalue weighted by Gasteiger charge is -2.26. The molecule has 2 atom stereocenters. The first-order valence-corrected chi connectivity index (χ1v) is 5.88. The summed E-state index contributed by atoms with van der Waals surface area (Å²) in [6.07, 6.45) is 2.15. The van der Waals surface area contributed by atoms with Crippen molar-refractivity contribution in [3.05, 3.63) is 0 Å². The molecule has 2 rings (SSSR count). The summed E-state index contributed by atoms with van der Waals surface area (Å²) >= 11 is 0. The van der Waals surface area contributed by atoms with Gasteiger partial charge in [-0.25, -0.2) is 9.57 Å². The number of likely N-dealkylation sites (N-methyl/N-ethyl adjacent to an activating group) is 1. The van der Waals surface area contributed by atoms with Crippen LogP contribution in [0.2, 0.25) is 0 Å². The van der Waals surface area contributed by atoms with Crippen molar-refractivity contribution in [1.29, 1.82) is 0 Å². The molecule has 0 aromatic heterocycles. The van der Waals surface area contributed by atoms with E-state index in [2.05, 4.69) is 10.3 Å². The third-order valence-corrected chi connectivity index (χ3v) is 3.94. The van der Waals surface area contributed by atoms with E-state index in [1.807, 2.05) is 25.5 Å². The molecule has 1 fully saturated rings. The van der Waals surface area contributed by atoms with E-state index in [1.54, 1.807) is 6.92 Å².